The second-order valence-electron chi connectivity index (χ2n) is 11.3. The molecule has 4 unspecified atom stereocenters. The SMILES string of the molecule is CC1=CC2N(c3ccc(C)cc31)C(C(=O)c1ccc(C)cc1)C(C(=O)c1ccccn1)C21C(=O)Nc2ccccc21. The number of para-hydroxylation sites is 1. The van der Waals surface area contributed by atoms with Gasteiger partial charge in [0.05, 0.1) is 12.0 Å². The Bertz CT molecular complexity index is 1780. The summed E-state index contributed by atoms with van der Waals surface area (Å²) in [4.78, 5) is 50.3. The van der Waals surface area contributed by atoms with Gasteiger partial charge in [-0.2, -0.15) is 0 Å². The highest BCUT2D eigenvalue weighted by Gasteiger charge is 2.70. The van der Waals surface area contributed by atoms with E-state index in [1.165, 1.54) is 0 Å². The molecule has 0 saturated carbocycles. The first-order valence-corrected chi connectivity index (χ1v) is 13.9. The molecular formula is C35H29N3O3. The number of Topliss-reactive ketones (excluding diaryl/α,β-unsaturated/α-hetero) is 2. The molecule has 0 radical (unpaired) electrons. The molecule has 0 aliphatic carbocycles. The Morgan fingerprint density at radius 3 is 2.34 bits per heavy atom. The Labute approximate surface area is 238 Å². The zero-order valence-electron chi connectivity index (χ0n) is 23.1. The number of nitrogens with one attached hydrogen (secondary N) is 1. The quantitative estimate of drug-likeness (QED) is 0.325. The summed E-state index contributed by atoms with van der Waals surface area (Å²) in [7, 11) is 0. The van der Waals surface area contributed by atoms with E-state index in [4.69, 9.17) is 0 Å². The summed E-state index contributed by atoms with van der Waals surface area (Å²) in [5.41, 5.74) is 5.76. The van der Waals surface area contributed by atoms with Crippen LogP contribution >= 0.6 is 0 Å². The van der Waals surface area contributed by atoms with Crippen molar-refractivity contribution < 1.29 is 14.4 Å². The van der Waals surface area contributed by atoms with Crippen molar-refractivity contribution in [1.29, 1.82) is 0 Å². The Kier molecular flexibility index (Phi) is 5.58. The summed E-state index contributed by atoms with van der Waals surface area (Å²) in [5, 5.41) is 3.08. The van der Waals surface area contributed by atoms with E-state index < -0.39 is 23.4 Å². The van der Waals surface area contributed by atoms with Gasteiger partial charge < -0.3 is 10.2 Å². The number of pyridine rings is 1. The minimum absolute atomic E-state index is 0.196. The number of rotatable bonds is 4. The number of aromatic nitrogens is 1. The first-order chi connectivity index (χ1) is 19.8. The fraction of sp³-hybridized carbons (Fsp3) is 0.200. The van der Waals surface area contributed by atoms with Crippen LogP contribution in [0.25, 0.3) is 5.57 Å². The van der Waals surface area contributed by atoms with Crippen LogP contribution in [0.4, 0.5) is 11.4 Å². The number of carbonyl (C=O) groups excluding carboxylic acids is 3. The predicted octanol–water partition coefficient (Wildman–Crippen LogP) is 5.94. The number of allylic oxidation sites excluding steroid dienone is 1. The molecular weight excluding hydrogens is 510 g/mol. The summed E-state index contributed by atoms with van der Waals surface area (Å²) in [6.45, 7) is 6.04. The first kappa shape index (κ1) is 25.1. The minimum atomic E-state index is -1.35. The maximum atomic E-state index is 14.7. The second-order valence-corrected chi connectivity index (χ2v) is 11.3. The molecule has 4 atom stereocenters. The molecule has 3 aromatic carbocycles. The van der Waals surface area contributed by atoms with Crippen molar-refractivity contribution in [3.63, 3.8) is 0 Å². The molecule has 1 spiro atoms. The minimum Gasteiger partial charge on any atom is -0.352 e. The van der Waals surface area contributed by atoms with E-state index in [9.17, 15) is 14.4 Å². The summed E-state index contributed by atoms with van der Waals surface area (Å²) < 4.78 is 0. The second kappa shape index (κ2) is 9.10. The topological polar surface area (TPSA) is 79.4 Å². The smallest absolute Gasteiger partial charge is 0.238 e. The van der Waals surface area contributed by atoms with Crippen LogP contribution in [-0.4, -0.2) is 34.5 Å². The van der Waals surface area contributed by atoms with Crippen LogP contribution in [0.5, 0.6) is 0 Å². The van der Waals surface area contributed by atoms with Crippen molar-refractivity contribution in [2.45, 2.75) is 38.3 Å². The van der Waals surface area contributed by atoms with Gasteiger partial charge in [0.1, 0.15) is 17.2 Å². The predicted molar refractivity (Wildman–Crippen MR) is 159 cm³/mol. The van der Waals surface area contributed by atoms with E-state index in [0.717, 1.165) is 33.5 Å². The van der Waals surface area contributed by atoms with Crippen molar-refractivity contribution in [3.8, 4) is 0 Å². The van der Waals surface area contributed by atoms with Gasteiger partial charge in [-0.05, 0) is 62.2 Å². The first-order valence-electron chi connectivity index (χ1n) is 13.9. The number of hydrogen-bond donors (Lipinski definition) is 1. The molecule has 1 amide bonds. The number of aryl methyl sites for hydroxylation is 2. The largest absolute Gasteiger partial charge is 0.352 e. The van der Waals surface area contributed by atoms with E-state index in [-0.39, 0.29) is 23.2 Å². The third-order valence-corrected chi connectivity index (χ3v) is 8.94. The molecule has 41 heavy (non-hydrogen) atoms. The normalized spacial score (nSPS) is 23.9. The number of amides is 1. The molecule has 202 valence electrons. The molecule has 0 bridgehead atoms. The average Bonchev–Trinajstić information content (AvgIpc) is 3.45. The Balaban J connectivity index is 1.56. The third kappa shape index (κ3) is 3.50. The van der Waals surface area contributed by atoms with Gasteiger partial charge in [-0.1, -0.05) is 71.8 Å². The zero-order valence-corrected chi connectivity index (χ0v) is 23.1. The maximum Gasteiger partial charge on any atom is 0.238 e. The van der Waals surface area contributed by atoms with Gasteiger partial charge in [-0.3, -0.25) is 19.4 Å². The van der Waals surface area contributed by atoms with Crippen LogP contribution in [0.2, 0.25) is 0 Å². The fourth-order valence-corrected chi connectivity index (χ4v) is 7.10. The highest BCUT2D eigenvalue weighted by atomic mass is 16.2. The zero-order chi connectivity index (χ0) is 28.5. The number of hydrogen-bond acceptors (Lipinski definition) is 5. The molecule has 4 aromatic rings. The van der Waals surface area contributed by atoms with Crippen LogP contribution in [0.3, 0.4) is 0 Å². The number of fused-ring (bicyclic) bond motifs is 6. The molecule has 4 heterocycles. The number of anilines is 2. The van der Waals surface area contributed by atoms with Gasteiger partial charge in [-0.15, -0.1) is 0 Å². The molecule has 6 heteroatoms. The van der Waals surface area contributed by atoms with E-state index in [1.807, 2.05) is 86.3 Å². The lowest BCUT2D eigenvalue weighted by Gasteiger charge is -2.39. The van der Waals surface area contributed by atoms with Gasteiger partial charge in [0.25, 0.3) is 0 Å². The summed E-state index contributed by atoms with van der Waals surface area (Å²) in [5.74, 6) is -1.83. The summed E-state index contributed by atoms with van der Waals surface area (Å²) >= 11 is 0. The summed E-state index contributed by atoms with van der Waals surface area (Å²) in [6, 6.07) is 24.8. The van der Waals surface area contributed by atoms with Crippen molar-refractivity contribution in [2.75, 3.05) is 10.2 Å². The van der Waals surface area contributed by atoms with Gasteiger partial charge in [0, 0.05) is 28.7 Å². The molecule has 1 fully saturated rings. The van der Waals surface area contributed by atoms with Crippen molar-refractivity contribution >= 4 is 34.4 Å². The van der Waals surface area contributed by atoms with Gasteiger partial charge in [0.15, 0.2) is 11.6 Å². The Morgan fingerprint density at radius 1 is 0.854 bits per heavy atom. The lowest BCUT2D eigenvalue weighted by molar-refractivity contribution is -0.121. The number of nitrogens with zero attached hydrogens (tertiary/aromatic N) is 2. The fourth-order valence-electron chi connectivity index (χ4n) is 7.10. The third-order valence-electron chi connectivity index (χ3n) is 8.94. The van der Waals surface area contributed by atoms with Crippen molar-refractivity contribution in [1.82, 2.24) is 4.98 Å². The van der Waals surface area contributed by atoms with Gasteiger partial charge in [-0.25, -0.2) is 0 Å². The molecule has 6 nitrogen and oxygen atoms in total. The number of ketones is 2. The monoisotopic (exact) mass is 539 g/mol. The van der Waals surface area contributed by atoms with E-state index in [1.54, 1.807) is 24.4 Å². The standard InChI is InChI=1S/C35H29N3O3/c1-20-11-14-23(15-12-20)32(39)31-30(33(40)27-10-6-7-17-36-27)35(25-8-4-5-9-26(25)37-34(35)41)29-19-22(3)24-18-21(2)13-16-28(24)38(29)31/h4-19,29-31H,1-3H3,(H,37,41). The Hall–Kier alpha value is -4.84. The van der Waals surface area contributed by atoms with Crippen LogP contribution < -0.4 is 10.2 Å². The average molecular weight is 540 g/mol. The van der Waals surface area contributed by atoms with Gasteiger partial charge in [0.2, 0.25) is 5.91 Å². The highest BCUT2D eigenvalue weighted by molar-refractivity contribution is 6.18. The summed E-state index contributed by atoms with van der Waals surface area (Å²) in [6.07, 6.45) is 3.65. The van der Waals surface area contributed by atoms with Crippen LogP contribution in [0.1, 0.15) is 50.0 Å². The van der Waals surface area contributed by atoms with Crippen LogP contribution in [0.15, 0.2) is 97.2 Å². The number of benzene rings is 3. The molecule has 1 saturated heterocycles. The van der Waals surface area contributed by atoms with Crippen LogP contribution in [0, 0.1) is 19.8 Å². The molecule has 1 N–H and O–H groups in total. The van der Waals surface area contributed by atoms with Crippen molar-refractivity contribution in [2.24, 2.45) is 5.92 Å². The molecule has 1 aromatic heterocycles. The number of carbonyl (C=O) groups is 3. The lowest BCUT2D eigenvalue weighted by Crippen LogP contribution is -2.51. The van der Waals surface area contributed by atoms with E-state index in [0.29, 0.717) is 11.3 Å². The highest BCUT2D eigenvalue weighted by Crippen LogP contribution is 2.58. The molecule has 7 rings (SSSR count). The maximum absolute atomic E-state index is 14.7. The van der Waals surface area contributed by atoms with E-state index >= 15 is 0 Å². The van der Waals surface area contributed by atoms with Crippen LogP contribution in [-0.2, 0) is 10.2 Å². The Morgan fingerprint density at radius 2 is 1.59 bits per heavy atom. The van der Waals surface area contributed by atoms with E-state index in [2.05, 4.69) is 22.4 Å². The molecule has 3 aliphatic rings. The van der Waals surface area contributed by atoms with Gasteiger partial charge >= 0.3 is 0 Å². The molecule has 3 aliphatic heterocycles. The lowest BCUT2D eigenvalue weighted by atomic mass is 9.64. The van der Waals surface area contributed by atoms with Crippen molar-refractivity contribution in [3.05, 3.63) is 131 Å².